The van der Waals surface area contributed by atoms with Crippen LogP contribution in [0.5, 0.6) is 5.75 Å². The first-order valence-corrected chi connectivity index (χ1v) is 4.54. The molecule has 0 saturated carbocycles. The molecule has 0 heterocycles. The zero-order chi connectivity index (χ0) is 9.68. The van der Waals surface area contributed by atoms with E-state index in [9.17, 15) is 4.79 Å². The normalized spacial score (nSPS) is 9.38. The number of benzene rings is 1. The lowest BCUT2D eigenvalue weighted by molar-refractivity contribution is -0.134. The molecule has 0 amide bonds. The van der Waals surface area contributed by atoms with Crippen LogP contribution in [0.3, 0.4) is 0 Å². The van der Waals surface area contributed by atoms with Crippen molar-refractivity contribution in [2.45, 2.75) is 0 Å². The predicted octanol–water partition coefficient (Wildman–Crippen LogP) is 2.61. The molecule has 3 nitrogen and oxygen atoms in total. The maximum absolute atomic E-state index is 9.79. The second-order valence-corrected chi connectivity index (χ2v) is 3.42. The minimum absolute atomic E-state index is 0.134. The summed E-state index contributed by atoms with van der Waals surface area (Å²) in [6.07, 6.45) is 0. The van der Waals surface area contributed by atoms with Gasteiger partial charge in [0.2, 0.25) is 6.79 Å². The molecule has 0 saturated heterocycles. The summed E-state index contributed by atoms with van der Waals surface area (Å²) >= 11 is 9.06. The van der Waals surface area contributed by atoms with E-state index in [1.165, 1.54) is 0 Å². The molecular weight excluding hydrogens is 259 g/mol. The van der Waals surface area contributed by atoms with Gasteiger partial charge in [0, 0.05) is 4.47 Å². The molecule has 0 aliphatic carbocycles. The van der Waals surface area contributed by atoms with Crippen LogP contribution in [-0.2, 0) is 9.53 Å². The van der Waals surface area contributed by atoms with Crippen molar-refractivity contribution < 1.29 is 14.3 Å². The van der Waals surface area contributed by atoms with Gasteiger partial charge in [-0.25, -0.2) is 0 Å². The van der Waals surface area contributed by atoms with E-state index < -0.39 is 0 Å². The van der Waals surface area contributed by atoms with Gasteiger partial charge >= 0.3 is 0 Å². The SMILES string of the molecule is O=COCOc1ccc(Br)cc1Cl. The Bertz CT molecular complexity index is 303. The molecule has 13 heavy (non-hydrogen) atoms. The van der Waals surface area contributed by atoms with Crippen molar-refractivity contribution in [2.75, 3.05) is 6.79 Å². The second kappa shape index (κ2) is 5.09. The van der Waals surface area contributed by atoms with Gasteiger partial charge < -0.3 is 9.47 Å². The van der Waals surface area contributed by atoms with Gasteiger partial charge in [-0.15, -0.1) is 0 Å². The fraction of sp³-hybridized carbons (Fsp3) is 0.125. The van der Waals surface area contributed by atoms with Gasteiger partial charge in [0.15, 0.2) is 0 Å². The smallest absolute Gasteiger partial charge is 0.295 e. The Kier molecular flexibility index (Phi) is 4.05. The van der Waals surface area contributed by atoms with E-state index in [2.05, 4.69) is 20.7 Å². The van der Waals surface area contributed by atoms with E-state index in [0.717, 1.165) is 4.47 Å². The molecule has 0 fully saturated rings. The van der Waals surface area contributed by atoms with Crippen molar-refractivity contribution in [1.29, 1.82) is 0 Å². The van der Waals surface area contributed by atoms with Gasteiger partial charge in [-0.05, 0) is 18.2 Å². The molecule has 5 heteroatoms. The molecule has 0 N–H and O–H groups in total. The van der Waals surface area contributed by atoms with E-state index in [1.807, 2.05) is 0 Å². The van der Waals surface area contributed by atoms with Crippen LogP contribution in [-0.4, -0.2) is 13.3 Å². The summed E-state index contributed by atoms with van der Waals surface area (Å²) in [5.41, 5.74) is 0. The van der Waals surface area contributed by atoms with Crippen molar-refractivity contribution in [1.82, 2.24) is 0 Å². The first kappa shape index (κ1) is 10.3. The van der Waals surface area contributed by atoms with E-state index in [-0.39, 0.29) is 6.79 Å². The summed E-state index contributed by atoms with van der Waals surface area (Å²) in [5, 5.41) is 0.462. The topological polar surface area (TPSA) is 35.5 Å². The maximum Gasteiger partial charge on any atom is 0.295 e. The van der Waals surface area contributed by atoms with Gasteiger partial charge in [0.25, 0.3) is 6.47 Å². The molecule has 0 aliphatic rings. The Morgan fingerprint density at radius 1 is 1.54 bits per heavy atom. The van der Waals surface area contributed by atoms with E-state index in [1.54, 1.807) is 18.2 Å². The maximum atomic E-state index is 9.79. The molecule has 0 spiro atoms. The number of ether oxygens (including phenoxy) is 2. The van der Waals surface area contributed by atoms with E-state index >= 15 is 0 Å². The zero-order valence-corrected chi connectivity index (χ0v) is 8.84. The van der Waals surface area contributed by atoms with Gasteiger partial charge in [-0.1, -0.05) is 27.5 Å². The summed E-state index contributed by atoms with van der Waals surface area (Å²) in [6, 6.07) is 5.15. The molecule has 1 aromatic rings. The number of carbonyl (C=O) groups is 1. The van der Waals surface area contributed by atoms with Crippen molar-refractivity contribution in [3.05, 3.63) is 27.7 Å². The molecule has 1 aromatic carbocycles. The summed E-state index contributed by atoms with van der Waals surface area (Å²) in [4.78, 5) is 9.79. The number of hydrogen-bond donors (Lipinski definition) is 0. The fourth-order valence-electron chi connectivity index (χ4n) is 0.718. The molecule has 70 valence electrons. The Morgan fingerprint density at radius 2 is 2.31 bits per heavy atom. The highest BCUT2D eigenvalue weighted by molar-refractivity contribution is 9.10. The average molecular weight is 265 g/mol. The molecule has 0 aromatic heterocycles. The molecule has 0 radical (unpaired) electrons. The van der Waals surface area contributed by atoms with E-state index in [4.69, 9.17) is 16.3 Å². The highest BCUT2D eigenvalue weighted by Crippen LogP contribution is 2.27. The molecule has 1 rings (SSSR count). The third-order valence-corrected chi connectivity index (χ3v) is 2.03. The van der Waals surface area contributed by atoms with E-state index in [0.29, 0.717) is 17.2 Å². The predicted molar refractivity (Wildman–Crippen MR) is 51.8 cm³/mol. The Morgan fingerprint density at radius 3 is 2.92 bits per heavy atom. The summed E-state index contributed by atoms with van der Waals surface area (Å²) < 4.78 is 10.2. The largest absolute Gasteiger partial charge is 0.456 e. The lowest BCUT2D eigenvalue weighted by Crippen LogP contribution is -2.01. The van der Waals surface area contributed by atoms with Crippen LogP contribution in [0.25, 0.3) is 0 Å². The monoisotopic (exact) mass is 264 g/mol. The standard InChI is InChI=1S/C8H6BrClO3/c9-6-1-2-8(7(10)3-6)13-5-12-4-11/h1-4H,5H2. The molecule has 0 unspecified atom stereocenters. The van der Waals surface area contributed by atoms with Gasteiger partial charge in [-0.2, -0.15) is 0 Å². The minimum atomic E-state index is -0.134. The van der Waals surface area contributed by atoms with Crippen molar-refractivity contribution >= 4 is 34.0 Å². The highest BCUT2D eigenvalue weighted by atomic mass is 79.9. The van der Waals surface area contributed by atoms with Crippen LogP contribution in [0.4, 0.5) is 0 Å². The number of hydrogen-bond acceptors (Lipinski definition) is 3. The van der Waals surface area contributed by atoms with Gasteiger partial charge in [0.05, 0.1) is 5.02 Å². The summed E-state index contributed by atoms with van der Waals surface area (Å²) in [6.45, 7) is 0.178. The average Bonchev–Trinajstić information content (AvgIpc) is 2.09. The van der Waals surface area contributed by atoms with Crippen LogP contribution in [0.15, 0.2) is 22.7 Å². The quantitative estimate of drug-likeness (QED) is 0.477. The Hall–Kier alpha value is -0.740. The Labute approximate surface area is 88.7 Å². The van der Waals surface area contributed by atoms with Crippen LogP contribution >= 0.6 is 27.5 Å². The molecule has 0 atom stereocenters. The van der Waals surface area contributed by atoms with Crippen molar-refractivity contribution in [3.8, 4) is 5.75 Å². The first-order valence-electron chi connectivity index (χ1n) is 3.37. The first-order chi connectivity index (χ1) is 6.24. The summed E-state index contributed by atoms with van der Waals surface area (Å²) in [5.74, 6) is 0.478. The van der Waals surface area contributed by atoms with Crippen LogP contribution in [0, 0.1) is 0 Å². The fourth-order valence-corrected chi connectivity index (χ4v) is 1.45. The third kappa shape index (κ3) is 3.24. The van der Waals surface area contributed by atoms with Crippen LogP contribution < -0.4 is 4.74 Å². The van der Waals surface area contributed by atoms with Crippen molar-refractivity contribution in [3.63, 3.8) is 0 Å². The van der Waals surface area contributed by atoms with Gasteiger partial charge in [-0.3, -0.25) is 4.79 Å². The Balaban J connectivity index is 2.61. The molecular formula is C8H6BrClO3. The third-order valence-electron chi connectivity index (χ3n) is 1.24. The van der Waals surface area contributed by atoms with Gasteiger partial charge in [0.1, 0.15) is 5.75 Å². The van der Waals surface area contributed by atoms with Crippen LogP contribution in [0.1, 0.15) is 0 Å². The lowest BCUT2D eigenvalue weighted by atomic mass is 10.3. The number of rotatable bonds is 4. The zero-order valence-electron chi connectivity index (χ0n) is 6.50. The number of carbonyl (C=O) groups excluding carboxylic acids is 1. The van der Waals surface area contributed by atoms with Crippen LogP contribution in [0.2, 0.25) is 5.02 Å². The van der Waals surface area contributed by atoms with Crippen molar-refractivity contribution in [2.24, 2.45) is 0 Å². The molecule has 0 aliphatic heterocycles. The second-order valence-electron chi connectivity index (χ2n) is 2.10. The summed E-state index contributed by atoms with van der Waals surface area (Å²) in [7, 11) is 0. The highest BCUT2D eigenvalue weighted by Gasteiger charge is 2.01. The minimum Gasteiger partial charge on any atom is -0.456 e. The number of halogens is 2. The molecule has 0 bridgehead atoms. The lowest BCUT2D eigenvalue weighted by Gasteiger charge is -2.05.